The lowest BCUT2D eigenvalue weighted by Gasteiger charge is -2.27. The second-order valence-corrected chi connectivity index (χ2v) is 4.89. The third-order valence-electron chi connectivity index (χ3n) is 2.32. The van der Waals surface area contributed by atoms with Crippen molar-refractivity contribution in [2.75, 3.05) is 18.5 Å². The van der Waals surface area contributed by atoms with Crippen molar-refractivity contribution in [2.45, 2.75) is 32.2 Å². The van der Waals surface area contributed by atoms with Crippen LogP contribution in [0.3, 0.4) is 0 Å². The zero-order chi connectivity index (χ0) is 10.9. The molecule has 1 aliphatic heterocycles. The first-order valence-corrected chi connectivity index (χ1v) is 5.23. The molecule has 1 aromatic rings. The third kappa shape index (κ3) is 2.45. The van der Waals surface area contributed by atoms with Crippen molar-refractivity contribution >= 4 is 5.82 Å². The fourth-order valence-electron chi connectivity index (χ4n) is 1.33. The van der Waals surface area contributed by atoms with Gasteiger partial charge in [-0.25, -0.2) is 9.97 Å². The van der Waals surface area contributed by atoms with E-state index in [4.69, 9.17) is 4.74 Å². The van der Waals surface area contributed by atoms with E-state index in [0.29, 0.717) is 6.04 Å². The van der Waals surface area contributed by atoms with Gasteiger partial charge in [-0.3, -0.25) is 0 Å². The molecule has 1 fully saturated rings. The van der Waals surface area contributed by atoms with Crippen LogP contribution in [0.15, 0.2) is 12.3 Å². The zero-order valence-electron chi connectivity index (χ0n) is 9.45. The van der Waals surface area contributed by atoms with Crippen molar-refractivity contribution in [1.29, 1.82) is 0 Å². The third-order valence-corrected chi connectivity index (χ3v) is 2.32. The van der Waals surface area contributed by atoms with Crippen LogP contribution >= 0.6 is 0 Å². The van der Waals surface area contributed by atoms with Crippen LogP contribution in [0.4, 0.5) is 5.82 Å². The monoisotopic (exact) mass is 207 g/mol. The highest BCUT2D eigenvalue weighted by Gasteiger charge is 2.20. The highest BCUT2D eigenvalue weighted by Crippen LogP contribution is 2.19. The Balaban J connectivity index is 2.11. The largest absolute Gasteiger partial charge is 0.377 e. The van der Waals surface area contributed by atoms with Gasteiger partial charge in [0.15, 0.2) is 0 Å². The van der Waals surface area contributed by atoms with Gasteiger partial charge in [0.1, 0.15) is 11.6 Å². The Kier molecular flexibility index (Phi) is 2.61. The maximum absolute atomic E-state index is 5.10. The Bertz CT molecular complexity index is 342. The van der Waals surface area contributed by atoms with Crippen LogP contribution in [-0.4, -0.2) is 29.2 Å². The summed E-state index contributed by atoms with van der Waals surface area (Å²) >= 11 is 0. The topological polar surface area (TPSA) is 47.0 Å². The smallest absolute Gasteiger partial charge is 0.135 e. The predicted octanol–water partition coefficient (Wildman–Crippen LogP) is 1.58. The Morgan fingerprint density at radius 3 is 2.67 bits per heavy atom. The molecule has 0 spiro atoms. The van der Waals surface area contributed by atoms with E-state index in [1.54, 1.807) is 6.20 Å². The van der Waals surface area contributed by atoms with E-state index in [0.717, 1.165) is 24.9 Å². The van der Waals surface area contributed by atoms with Crippen LogP contribution in [0.2, 0.25) is 0 Å². The molecular weight excluding hydrogens is 190 g/mol. The van der Waals surface area contributed by atoms with Crippen molar-refractivity contribution in [1.82, 2.24) is 9.97 Å². The second kappa shape index (κ2) is 3.77. The Hall–Kier alpha value is -1.16. The standard InChI is InChI=1S/C11H17N3O/c1-11(2,3)10-12-5-4-9(14-10)13-8-6-15-7-8/h4-5,8H,6-7H2,1-3H3,(H,12,13,14). The minimum absolute atomic E-state index is 0.00615. The van der Waals surface area contributed by atoms with Gasteiger partial charge in [-0.2, -0.15) is 0 Å². The number of anilines is 1. The number of nitrogens with zero attached hydrogens (tertiary/aromatic N) is 2. The summed E-state index contributed by atoms with van der Waals surface area (Å²) in [7, 11) is 0. The van der Waals surface area contributed by atoms with Crippen molar-refractivity contribution < 1.29 is 4.74 Å². The summed E-state index contributed by atoms with van der Waals surface area (Å²) in [4.78, 5) is 8.77. The summed E-state index contributed by atoms with van der Waals surface area (Å²) in [5.41, 5.74) is -0.00615. The molecule has 0 radical (unpaired) electrons. The molecule has 2 rings (SSSR count). The molecule has 0 unspecified atom stereocenters. The van der Waals surface area contributed by atoms with Gasteiger partial charge in [0.05, 0.1) is 19.3 Å². The summed E-state index contributed by atoms with van der Waals surface area (Å²) in [6.07, 6.45) is 1.80. The average molecular weight is 207 g/mol. The first kappa shape index (κ1) is 10.4. The van der Waals surface area contributed by atoms with Crippen molar-refractivity contribution in [2.24, 2.45) is 0 Å². The van der Waals surface area contributed by atoms with E-state index in [1.165, 1.54) is 0 Å². The SMILES string of the molecule is CC(C)(C)c1nccc(NC2COC2)n1. The van der Waals surface area contributed by atoms with E-state index >= 15 is 0 Å². The molecule has 0 atom stereocenters. The summed E-state index contributed by atoms with van der Waals surface area (Å²) in [5, 5.41) is 3.31. The molecule has 1 saturated heterocycles. The molecule has 0 amide bonds. The lowest BCUT2D eigenvalue weighted by Crippen LogP contribution is -2.40. The summed E-state index contributed by atoms with van der Waals surface area (Å²) in [6.45, 7) is 7.87. The second-order valence-electron chi connectivity index (χ2n) is 4.89. The fraction of sp³-hybridized carbons (Fsp3) is 0.636. The molecular formula is C11H17N3O. The number of ether oxygens (including phenoxy) is 1. The van der Waals surface area contributed by atoms with Gasteiger partial charge in [0.2, 0.25) is 0 Å². The van der Waals surface area contributed by atoms with Gasteiger partial charge >= 0.3 is 0 Å². The molecule has 0 saturated carbocycles. The van der Waals surface area contributed by atoms with Gasteiger partial charge < -0.3 is 10.1 Å². The van der Waals surface area contributed by atoms with E-state index < -0.39 is 0 Å². The first-order valence-electron chi connectivity index (χ1n) is 5.23. The Morgan fingerprint density at radius 2 is 2.13 bits per heavy atom. The van der Waals surface area contributed by atoms with Crippen LogP contribution in [0, 0.1) is 0 Å². The van der Waals surface area contributed by atoms with Crippen molar-refractivity contribution in [3.05, 3.63) is 18.1 Å². The van der Waals surface area contributed by atoms with Gasteiger partial charge in [-0.15, -0.1) is 0 Å². The maximum Gasteiger partial charge on any atom is 0.135 e. The van der Waals surface area contributed by atoms with E-state index in [9.17, 15) is 0 Å². The molecule has 82 valence electrons. The van der Waals surface area contributed by atoms with Crippen molar-refractivity contribution in [3.63, 3.8) is 0 Å². The molecule has 0 aromatic carbocycles. The summed E-state index contributed by atoms with van der Waals surface area (Å²) < 4.78 is 5.10. The van der Waals surface area contributed by atoms with Gasteiger partial charge in [0, 0.05) is 11.6 Å². The minimum atomic E-state index is -0.00615. The molecule has 15 heavy (non-hydrogen) atoms. The van der Waals surface area contributed by atoms with Gasteiger partial charge in [-0.1, -0.05) is 20.8 Å². The number of rotatable bonds is 2. The number of aromatic nitrogens is 2. The van der Waals surface area contributed by atoms with E-state index in [1.807, 2.05) is 6.07 Å². The van der Waals surface area contributed by atoms with E-state index in [-0.39, 0.29) is 5.41 Å². The van der Waals surface area contributed by atoms with Crippen LogP contribution in [0.25, 0.3) is 0 Å². The highest BCUT2D eigenvalue weighted by atomic mass is 16.5. The summed E-state index contributed by atoms with van der Waals surface area (Å²) in [5.74, 6) is 1.76. The minimum Gasteiger partial charge on any atom is -0.377 e. The molecule has 0 bridgehead atoms. The molecule has 1 aliphatic rings. The van der Waals surface area contributed by atoms with Crippen LogP contribution in [0.1, 0.15) is 26.6 Å². The molecule has 2 heterocycles. The quantitative estimate of drug-likeness (QED) is 0.800. The van der Waals surface area contributed by atoms with Gasteiger partial charge in [0.25, 0.3) is 0 Å². The van der Waals surface area contributed by atoms with Crippen molar-refractivity contribution in [3.8, 4) is 0 Å². The van der Waals surface area contributed by atoms with Crippen LogP contribution < -0.4 is 5.32 Å². The molecule has 4 heteroatoms. The maximum atomic E-state index is 5.10. The fourth-order valence-corrected chi connectivity index (χ4v) is 1.33. The van der Waals surface area contributed by atoms with Gasteiger partial charge in [-0.05, 0) is 6.07 Å². The number of hydrogen-bond acceptors (Lipinski definition) is 4. The highest BCUT2D eigenvalue weighted by molar-refractivity contribution is 5.35. The molecule has 1 aromatic heterocycles. The molecule has 4 nitrogen and oxygen atoms in total. The lowest BCUT2D eigenvalue weighted by atomic mass is 9.96. The molecule has 1 N–H and O–H groups in total. The van der Waals surface area contributed by atoms with E-state index in [2.05, 4.69) is 36.1 Å². The zero-order valence-corrected chi connectivity index (χ0v) is 9.45. The summed E-state index contributed by atoms with van der Waals surface area (Å²) in [6, 6.07) is 2.31. The average Bonchev–Trinajstić information content (AvgIpc) is 2.11. The normalized spacial score (nSPS) is 17.3. The lowest BCUT2D eigenvalue weighted by molar-refractivity contribution is 0.0209. The molecule has 0 aliphatic carbocycles. The first-order chi connectivity index (χ1) is 7.05. The number of nitrogens with one attached hydrogen (secondary N) is 1. The Labute approximate surface area is 90.1 Å². The van der Waals surface area contributed by atoms with Crippen LogP contribution in [0.5, 0.6) is 0 Å². The number of hydrogen-bond donors (Lipinski definition) is 1. The van der Waals surface area contributed by atoms with Crippen LogP contribution in [-0.2, 0) is 10.2 Å². The predicted molar refractivity (Wildman–Crippen MR) is 59.0 cm³/mol. The Morgan fingerprint density at radius 1 is 1.40 bits per heavy atom.